The molecule has 4 nitrogen and oxygen atoms in total. The fraction of sp³-hybridized carbons (Fsp3) is 0.333. The van der Waals surface area contributed by atoms with Gasteiger partial charge in [0.1, 0.15) is 0 Å². The first-order valence-corrected chi connectivity index (χ1v) is 2.73. The Labute approximate surface area is 80.8 Å². The van der Waals surface area contributed by atoms with Gasteiger partial charge in [0.2, 0.25) is 6.17 Å². The zero-order valence-electron chi connectivity index (χ0n) is 6.45. The van der Waals surface area contributed by atoms with Gasteiger partial charge in [-0.1, -0.05) is 0 Å². The number of hydrogen-bond donors (Lipinski definition) is 2. The number of carboxylic acid groups (broad SMARTS) is 2. The smallest absolute Gasteiger partial charge is 0.342 e. The maximum absolute atomic E-state index is 12.2. The Bertz CT molecular complexity index is 214. The van der Waals surface area contributed by atoms with Crippen molar-refractivity contribution in [3.8, 4) is 0 Å². The van der Waals surface area contributed by atoms with Gasteiger partial charge in [0.25, 0.3) is 0 Å². The van der Waals surface area contributed by atoms with E-state index in [-0.39, 0.29) is 25.1 Å². The first-order valence-electron chi connectivity index (χ1n) is 2.73. The van der Waals surface area contributed by atoms with Gasteiger partial charge in [-0.2, -0.15) is 0 Å². The van der Waals surface area contributed by atoms with E-state index in [2.05, 4.69) is 0 Å². The summed E-state index contributed by atoms with van der Waals surface area (Å²) >= 11 is 0. The predicted molar refractivity (Wildman–Crippen MR) is 33.9 cm³/mol. The van der Waals surface area contributed by atoms with E-state index >= 15 is 0 Å². The molecule has 0 aliphatic carbocycles. The average Bonchev–Trinajstić information content (AvgIpc) is 1.87. The number of carboxylic acids is 2. The Kier molecular flexibility index (Phi) is 6.70. The van der Waals surface area contributed by atoms with E-state index < -0.39 is 18.1 Å². The van der Waals surface area contributed by atoms with Crippen molar-refractivity contribution in [3.63, 3.8) is 0 Å². The Morgan fingerprint density at radius 3 is 2.08 bits per heavy atom. The second kappa shape index (κ2) is 5.83. The Morgan fingerprint density at radius 1 is 1.42 bits per heavy atom. The summed E-state index contributed by atoms with van der Waals surface area (Å²) in [7, 11) is 0. The second-order valence-electron chi connectivity index (χ2n) is 1.89. The largest absolute Gasteiger partial charge is 0.479 e. The molecule has 1 atom stereocenters. The number of hydrogen-bond acceptors (Lipinski definition) is 2. The summed E-state index contributed by atoms with van der Waals surface area (Å²) in [5, 5.41) is 16.2. The molecule has 0 aliphatic rings. The Hall–Kier alpha value is -0.767. The molecule has 64 valence electrons. The fourth-order valence-corrected chi connectivity index (χ4v) is 0.362. The van der Waals surface area contributed by atoms with Gasteiger partial charge in [-0.25, -0.2) is 14.0 Å². The first-order chi connectivity index (χ1) is 4.95. The summed E-state index contributed by atoms with van der Waals surface area (Å²) in [4.78, 5) is 19.9. The molecule has 12 heavy (non-hydrogen) atoms. The van der Waals surface area contributed by atoms with Crippen LogP contribution in [0.2, 0.25) is 0 Å². The van der Waals surface area contributed by atoms with Crippen molar-refractivity contribution in [2.45, 2.75) is 13.1 Å². The van der Waals surface area contributed by atoms with Crippen LogP contribution < -0.4 is 0 Å². The molecule has 0 rings (SSSR count). The molecule has 0 saturated heterocycles. The van der Waals surface area contributed by atoms with Crippen molar-refractivity contribution in [2.24, 2.45) is 0 Å². The number of aliphatic carboxylic acids is 2. The van der Waals surface area contributed by atoms with Crippen molar-refractivity contribution < 1.29 is 43.7 Å². The summed E-state index contributed by atoms with van der Waals surface area (Å²) in [6.07, 6.45) is -1.71. The van der Waals surface area contributed by atoms with Crippen LogP contribution in [0.5, 0.6) is 0 Å². The van der Waals surface area contributed by atoms with Crippen LogP contribution in [-0.2, 0) is 29.1 Å². The molecule has 0 spiro atoms. The molecule has 0 bridgehead atoms. The first kappa shape index (κ1) is 13.8. The van der Waals surface area contributed by atoms with Gasteiger partial charge >= 0.3 is 11.9 Å². The van der Waals surface area contributed by atoms with Gasteiger partial charge in [-0.3, -0.25) is 0 Å². The molecule has 1 unspecified atom stereocenters. The normalized spacial score (nSPS) is 13.0. The number of carbonyl (C=O) groups is 2. The van der Waals surface area contributed by atoms with Crippen LogP contribution in [0.25, 0.3) is 0 Å². The monoisotopic (exact) mass is 226 g/mol. The van der Waals surface area contributed by atoms with Crippen molar-refractivity contribution in [3.05, 3.63) is 11.6 Å². The van der Waals surface area contributed by atoms with Crippen LogP contribution >= 0.6 is 0 Å². The Morgan fingerprint density at radius 2 is 1.83 bits per heavy atom. The van der Waals surface area contributed by atoms with Gasteiger partial charge in [-0.15, -0.1) is 0 Å². The minimum Gasteiger partial charge on any atom is -0.479 e. The van der Waals surface area contributed by atoms with Crippen molar-refractivity contribution in [2.75, 3.05) is 0 Å². The third-order valence-electron chi connectivity index (χ3n) is 0.970. The van der Waals surface area contributed by atoms with Gasteiger partial charge in [0.05, 0.1) is 0 Å². The molecule has 0 amide bonds. The van der Waals surface area contributed by atoms with Gasteiger partial charge in [0.15, 0.2) is 0 Å². The molecule has 0 aliphatic heterocycles. The van der Waals surface area contributed by atoms with Crippen LogP contribution in [0.1, 0.15) is 6.92 Å². The maximum Gasteiger partial charge on any atom is 0.342 e. The standard InChI is InChI=1S/C6H7FO4.Zn/c1-3(5(8)9)2-4(7)6(10)11;/h2,4H,1H3,(H,8,9)(H,10,11);. The van der Waals surface area contributed by atoms with Crippen molar-refractivity contribution in [1.82, 2.24) is 0 Å². The molecule has 0 aromatic carbocycles. The second-order valence-corrected chi connectivity index (χ2v) is 1.89. The molecule has 0 heterocycles. The number of alkyl halides is 1. The van der Waals surface area contributed by atoms with E-state index in [1.165, 1.54) is 0 Å². The predicted octanol–water partition coefficient (Wildman–Crippen LogP) is 0.438. The summed E-state index contributed by atoms with van der Waals surface area (Å²) in [6.45, 7) is 1.12. The molecule has 0 aromatic rings. The molecule has 0 saturated carbocycles. The molecule has 0 aromatic heterocycles. The van der Waals surface area contributed by atoms with E-state index in [0.29, 0.717) is 6.08 Å². The zero-order valence-corrected chi connectivity index (χ0v) is 9.42. The fourth-order valence-electron chi connectivity index (χ4n) is 0.362. The summed E-state index contributed by atoms with van der Waals surface area (Å²) in [5.41, 5.74) is -0.320. The van der Waals surface area contributed by atoms with Crippen LogP contribution in [0.4, 0.5) is 4.39 Å². The van der Waals surface area contributed by atoms with Crippen LogP contribution in [0.15, 0.2) is 11.6 Å². The quantitative estimate of drug-likeness (QED) is 0.542. The Balaban J connectivity index is 0. The van der Waals surface area contributed by atoms with Crippen molar-refractivity contribution in [1.29, 1.82) is 0 Å². The summed E-state index contributed by atoms with van der Waals surface area (Å²) in [6, 6.07) is 0. The van der Waals surface area contributed by atoms with Crippen LogP contribution in [-0.4, -0.2) is 28.3 Å². The average molecular weight is 228 g/mol. The molecule has 2 N–H and O–H groups in total. The van der Waals surface area contributed by atoms with E-state index in [1.54, 1.807) is 0 Å². The van der Waals surface area contributed by atoms with Crippen LogP contribution in [0, 0.1) is 0 Å². The SMILES string of the molecule is CC(=CC(F)C(=O)O)C(=O)O.[Zn]. The topological polar surface area (TPSA) is 74.6 Å². The molecule has 6 heteroatoms. The summed E-state index contributed by atoms with van der Waals surface area (Å²) < 4.78 is 12.2. The van der Waals surface area contributed by atoms with Crippen molar-refractivity contribution >= 4 is 11.9 Å². The van der Waals surface area contributed by atoms with E-state index in [9.17, 15) is 14.0 Å². The number of rotatable bonds is 3. The molecular formula is C6H7FO4Zn. The van der Waals surface area contributed by atoms with Gasteiger partial charge in [-0.05, 0) is 13.0 Å². The number of halogens is 1. The maximum atomic E-state index is 12.2. The van der Waals surface area contributed by atoms with E-state index in [4.69, 9.17) is 10.2 Å². The minimum atomic E-state index is -2.24. The third-order valence-corrected chi connectivity index (χ3v) is 0.970. The third kappa shape index (κ3) is 4.96. The zero-order chi connectivity index (χ0) is 9.02. The van der Waals surface area contributed by atoms with Gasteiger partial charge < -0.3 is 10.2 Å². The van der Waals surface area contributed by atoms with E-state index in [1.807, 2.05) is 0 Å². The summed E-state index contributed by atoms with van der Waals surface area (Å²) in [5.74, 6) is -3.01. The van der Waals surface area contributed by atoms with E-state index in [0.717, 1.165) is 6.92 Å². The molecular weight excluding hydrogens is 220 g/mol. The van der Waals surface area contributed by atoms with Gasteiger partial charge in [0, 0.05) is 25.1 Å². The minimum absolute atomic E-state index is 0. The van der Waals surface area contributed by atoms with Crippen LogP contribution in [0.3, 0.4) is 0 Å². The molecule has 0 radical (unpaired) electrons. The molecule has 0 fully saturated rings.